The van der Waals surface area contributed by atoms with Crippen molar-refractivity contribution in [3.63, 3.8) is 0 Å². The van der Waals surface area contributed by atoms with Crippen molar-refractivity contribution in [3.8, 4) is 0 Å². The van der Waals surface area contributed by atoms with Crippen molar-refractivity contribution in [2.75, 3.05) is 13.2 Å². The first-order chi connectivity index (χ1) is 9.96. The summed E-state index contributed by atoms with van der Waals surface area (Å²) in [5, 5.41) is 57.0. The minimum absolute atomic E-state index is 0.0278. The molecule has 0 radical (unpaired) electrons. The van der Waals surface area contributed by atoms with Gasteiger partial charge in [-0.1, -0.05) is 0 Å². The fraction of sp³-hybridized carbons (Fsp3) is 1.00. The summed E-state index contributed by atoms with van der Waals surface area (Å²) < 4.78 is 15.7. The largest absolute Gasteiger partial charge is 0.394 e. The summed E-state index contributed by atoms with van der Waals surface area (Å²) in [6, 6.07) is 0. The maximum atomic E-state index is 9.98. The molecule has 0 aromatic rings. The Morgan fingerprint density at radius 3 is 2.10 bits per heavy atom. The zero-order chi connectivity index (χ0) is 15.6. The van der Waals surface area contributed by atoms with Gasteiger partial charge in [0.05, 0.1) is 25.4 Å². The molecule has 2 rings (SSSR count). The van der Waals surface area contributed by atoms with E-state index in [1.807, 2.05) is 0 Å². The molecule has 6 N–H and O–H groups in total. The molecule has 21 heavy (non-hydrogen) atoms. The van der Waals surface area contributed by atoms with E-state index in [1.54, 1.807) is 0 Å². The fourth-order valence-electron chi connectivity index (χ4n) is 2.55. The van der Waals surface area contributed by atoms with E-state index in [1.165, 1.54) is 0 Å². The van der Waals surface area contributed by atoms with E-state index in [-0.39, 0.29) is 12.8 Å². The molecule has 0 aromatic carbocycles. The van der Waals surface area contributed by atoms with E-state index in [4.69, 9.17) is 24.4 Å². The molecular weight excluding hydrogens is 288 g/mol. The zero-order valence-electron chi connectivity index (χ0n) is 11.4. The van der Waals surface area contributed by atoms with Gasteiger partial charge in [0.2, 0.25) is 0 Å². The standard InChI is InChI=1S/C12H22O9/c13-3-7-11(17)5(15)1-10(21-7)20-6-2-9(16)19-8(4-14)12(6)18/h5-18H,1-4H2/t5?,6?,7?,8?,9-,10?,11?,12-/m0/s1. The molecule has 0 saturated carbocycles. The van der Waals surface area contributed by atoms with Crippen LogP contribution in [0, 0.1) is 0 Å². The average molecular weight is 310 g/mol. The number of rotatable bonds is 4. The van der Waals surface area contributed by atoms with Crippen LogP contribution in [0.4, 0.5) is 0 Å². The van der Waals surface area contributed by atoms with Crippen LogP contribution in [-0.2, 0) is 14.2 Å². The molecule has 9 heteroatoms. The van der Waals surface area contributed by atoms with Crippen LogP contribution in [0.3, 0.4) is 0 Å². The Hall–Kier alpha value is -0.360. The van der Waals surface area contributed by atoms with E-state index >= 15 is 0 Å². The van der Waals surface area contributed by atoms with Crippen LogP contribution >= 0.6 is 0 Å². The molecule has 2 aliphatic rings. The molecule has 2 aliphatic heterocycles. The Kier molecular flexibility index (Phi) is 5.88. The molecule has 0 bridgehead atoms. The van der Waals surface area contributed by atoms with Gasteiger partial charge < -0.3 is 44.8 Å². The van der Waals surface area contributed by atoms with Crippen LogP contribution in [0.1, 0.15) is 12.8 Å². The normalized spacial score (nSPS) is 48.3. The Morgan fingerprint density at radius 1 is 0.857 bits per heavy atom. The Labute approximate surface area is 121 Å². The molecular formula is C12H22O9. The molecule has 0 amide bonds. The zero-order valence-corrected chi connectivity index (χ0v) is 11.4. The fourth-order valence-corrected chi connectivity index (χ4v) is 2.55. The van der Waals surface area contributed by atoms with Crippen molar-refractivity contribution in [2.24, 2.45) is 0 Å². The van der Waals surface area contributed by atoms with Gasteiger partial charge in [0.25, 0.3) is 0 Å². The third kappa shape index (κ3) is 3.89. The maximum Gasteiger partial charge on any atom is 0.161 e. The van der Waals surface area contributed by atoms with Gasteiger partial charge in [0.15, 0.2) is 12.6 Å². The minimum Gasteiger partial charge on any atom is -0.394 e. The van der Waals surface area contributed by atoms with Gasteiger partial charge in [-0.2, -0.15) is 0 Å². The first-order valence-corrected chi connectivity index (χ1v) is 6.86. The monoisotopic (exact) mass is 310 g/mol. The number of aliphatic hydroxyl groups excluding tert-OH is 6. The first kappa shape index (κ1) is 17.0. The van der Waals surface area contributed by atoms with Crippen molar-refractivity contribution < 1.29 is 44.8 Å². The van der Waals surface area contributed by atoms with Crippen LogP contribution in [-0.4, -0.2) is 93.1 Å². The molecule has 2 heterocycles. The van der Waals surface area contributed by atoms with Crippen molar-refractivity contribution in [2.45, 2.75) is 62.0 Å². The van der Waals surface area contributed by atoms with Crippen molar-refractivity contribution in [1.82, 2.24) is 0 Å². The smallest absolute Gasteiger partial charge is 0.161 e. The van der Waals surface area contributed by atoms with E-state index in [0.29, 0.717) is 0 Å². The second-order valence-electron chi connectivity index (χ2n) is 5.29. The lowest BCUT2D eigenvalue weighted by Gasteiger charge is -2.41. The van der Waals surface area contributed by atoms with E-state index < -0.39 is 62.4 Å². The highest BCUT2D eigenvalue weighted by atomic mass is 16.7. The van der Waals surface area contributed by atoms with Crippen LogP contribution in [0.15, 0.2) is 0 Å². The summed E-state index contributed by atoms with van der Waals surface area (Å²) in [5.41, 5.74) is 0. The molecule has 0 spiro atoms. The van der Waals surface area contributed by atoms with Gasteiger partial charge in [0.1, 0.15) is 24.4 Å². The minimum atomic E-state index is -1.22. The molecule has 0 aromatic heterocycles. The van der Waals surface area contributed by atoms with E-state index in [2.05, 4.69) is 0 Å². The molecule has 2 fully saturated rings. The molecule has 124 valence electrons. The lowest BCUT2D eigenvalue weighted by Crippen LogP contribution is -2.55. The topological polar surface area (TPSA) is 149 Å². The van der Waals surface area contributed by atoms with Crippen LogP contribution in [0.2, 0.25) is 0 Å². The molecule has 8 atom stereocenters. The van der Waals surface area contributed by atoms with Crippen LogP contribution in [0.5, 0.6) is 0 Å². The first-order valence-electron chi connectivity index (χ1n) is 6.86. The maximum absolute atomic E-state index is 9.98. The Morgan fingerprint density at radius 2 is 1.48 bits per heavy atom. The van der Waals surface area contributed by atoms with Crippen molar-refractivity contribution in [1.29, 1.82) is 0 Å². The second kappa shape index (κ2) is 7.27. The van der Waals surface area contributed by atoms with E-state index in [9.17, 15) is 20.4 Å². The highest BCUT2D eigenvalue weighted by molar-refractivity contribution is 4.86. The van der Waals surface area contributed by atoms with E-state index in [0.717, 1.165) is 0 Å². The van der Waals surface area contributed by atoms with Gasteiger partial charge in [-0.15, -0.1) is 0 Å². The quantitative estimate of drug-likeness (QED) is 0.313. The second-order valence-corrected chi connectivity index (χ2v) is 5.29. The summed E-state index contributed by atoms with van der Waals surface area (Å²) in [6.07, 6.45) is -8.56. The summed E-state index contributed by atoms with van der Waals surface area (Å²) in [7, 11) is 0. The number of hydrogen-bond acceptors (Lipinski definition) is 9. The van der Waals surface area contributed by atoms with Gasteiger partial charge in [-0.05, 0) is 0 Å². The third-order valence-electron chi connectivity index (χ3n) is 3.75. The average Bonchev–Trinajstić information content (AvgIpc) is 2.46. The number of aliphatic hydroxyl groups is 6. The predicted octanol–water partition coefficient (Wildman–Crippen LogP) is -3.34. The van der Waals surface area contributed by atoms with Gasteiger partial charge >= 0.3 is 0 Å². The molecule has 2 saturated heterocycles. The number of ether oxygens (including phenoxy) is 3. The molecule has 9 nitrogen and oxygen atoms in total. The number of hydrogen-bond donors (Lipinski definition) is 6. The van der Waals surface area contributed by atoms with Crippen molar-refractivity contribution >= 4 is 0 Å². The SMILES string of the molecule is OCC1OC(OC2C[C@@H](O)OC(CO)[C@H]2O)CC(O)C1O. The molecule has 0 aliphatic carbocycles. The highest BCUT2D eigenvalue weighted by Gasteiger charge is 2.42. The van der Waals surface area contributed by atoms with Crippen LogP contribution in [0.25, 0.3) is 0 Å². The van der Waals surface area contributed by atoms with Gasteiger partial charge in [-0.3, -0.25) is 0 Å². The summed E-state index contributed by atoms with van der Waals surface area (Å²) in [4.78, 5) is 0. The van der Waals surface area contributed by atoms with Crippen LogP contribution < -0.4 is 0 Å². The lowest BCUT2D eigenvalue weighted by atomic mass is 10.00. The molecule has 6 unspecified atom stereocenters. The Balaban J connectivity index is 1.96. The predicted molar refractivity (Wildman–Crippen MR) is 65.8 cm³/mol. The Bertz CT molecular complexity index is 328. The lowest BCUT2D eigenvalue weighted by molar-refractivity contribution is -0.309. The van der Waals surface area contributed by atoms with Crippen molar-refractivity contribution in [3.05, 3.63) is 0 Å². The van der Waals surface area contributed by atoms with Gasteiger partial charge in [-0.25, -0.2) is 0 Å². The summed E-state index contributed by atoms with van der Waals surface area (Å²) >= 11 is 0. The summed E-state index contributed by atoms with van der Waals surface area (Å²) in [5.74, 6) is 0. The summed E-state index contributed by atoms with van der Waals surface area (Å²) in [6.45, 7) is -0.972. The van der Waals surface area contributed by atoms with Gasteiger partial charge in [0, 0.05) is 12.8 Å². The highest BCUT2D eigenvalue weighted by Crippen LogP contribution is 2.27. The third-order valence-corrected chi connectivity index (χ3v) is 3.75.